The fourth-order valence-corrected chi connectivity index (χ4v) is 2.36. The lowest BCUT2D eigenvalue weighted by atomic mass is 10.2. The first kappa shape index (κ1) is 14.1. The third-order valence-electron chi connectivity index (χ3n) is 2.53. The molecule has 2 rings (SSSR count). The van der Waals surface area contributed by atoms with E-state index in [1.807, 2.05) is 30.5 Å². The predicted molar refractivity (Wildman–Crippen MR) is 78.1 cm³/mol. The fourth-order valence-electron chi connectivity index (χ4n) is 1.64. The van der Waals surface area contributed by atoms with E-state index >= 15 is 0 Å². The number of hydrogen-bond acceptors (Lipinski definition) is 6. The van der Waals surface area contributed by atoms with Crippen molar-refractivity contribution in [3.63, 3.8) is 0 Å². The number of thioether (sulfide) groups is 1. The summed E-state index contributed by atoms with van der Waals surface area (Å²) in [6.07, 6.45) is 1.75. The number of anilines is 1. The van der Waals surface area contributed by atoms with E-state index < -0.39 is 6.10 Å². The zero-order valence-electron chi connectivity index (χ0n) is 10.4. The number of aliphatic hydroxyl groups is 1. The summed E-state index contributed by atoms with van der Waals surface area (Å²) >= 11 is 6.44. The summed E-state index contributed by atoms with van der Waals surface area (Å²) in [5.74, 6) is 0.414. The Hall–Kier alpha value is -1.31. The van der Waals surface area contributed by atoms with E-state index in [0.29, 0.717) is 18.9 Å². The average molecular weight is 297 g/mol. The minimum atomic E-state index is -0.587. The molecule has 0 radical (unpaired) electrons. The Bertz CT molecular complexity index is 582. The highest BCUT2D eigenvalue weighted by molar-refractivity contribution is 7.98. The highest BCUT2D eigenvalue weighted by atomic mass is 32.2. The van der Waals surface area contributed by atoms with Gasteiger partial charge in [-0.25, -0.2) is 5.10 Å². The van der Waals surface area contributed by atoms with Crippen molar-refractivity contribution in [3.05, 3.63) is 35.0 Å². The maximum absolute atomic E-state index is 9.92. The van der Waals surface area contributed by atoms with Crippen molar-refractivity contribution in [1.82, 2.24) is 10.2 Å². The second-order valence-electron chi connectivity index (χ2n) is 3.95. The van der Waals surface area contributed by atoms with Crippen molar-refractivity contribution in [2.75, 3.05) is 18.1 Å². The van der Waals surface area contributed by atoms with Crippen molar-refractivity contribution in [3.8, 4) is 0 Å². The first-order chi connectivity index (χ1) is 9.19. The number of hydrogen-bond donors (Lipinski definition) is 3. The van der Waals surface area contributed by atoms with E-state index in [2.05, 4.69) is 15.5 Å². The lowest BCUT2D eigenvalue weighted by molar-refractivity contribution is 0.178. The van der Waals surface area contributed by atoms with Crippen LogP contribution in [-0.4, -0.2) is 34.2 Å². The topological polar surface area (TPSA) is 74.1 Å². The van der Waals surface area contributed by atoms with Crippen LogP contribution in [0.1, 0.15) is 5.89 Å². The number of benzene rings is 1. The van der Waals surface area contributed by atoms with Gasteiger partial charge in [-0.05, 0) is 30.6 Å². The van der Waals surface area contributed by atoms with Gasteiger partial charge in [0.2, 0.25) is 5.89 Å². The van der Waals surface area contributed by atoms with Gasteiger partial charge < -0.3 is 14.8 Å². The second kappa shape index (κ2) is 6.74. The van der Waals surface area contributed by atoms with Crippen molar-refractivity contribution in [2.45, 2.75) is 17.4 Å². The van der Waals surface area contributed by atoms with Crippen LogP contribution in [0.5, 0.6) is 0 Å². The molecule has 3 N–H and O–H groups in total. The quantitative estimate of drug-likeness (QED) is 0.562. The number of aliphatic hydroxyl groups excluding tert-OH is 1. The molecule has 2 aromatic rings. The van der Waals surface area contributed by atoms with E-state index in [1.165, 1.54) is 0 Å². The van der Waals surface area contributed by atoms with Gasteiger partial charge in [-0.15, -0.1) is 16.9 Å². The first-order valence-electron chi connectivity index (χ1n) is 5.78. The number of rotatable bonds is 6. The molecule has 0 aliphatic carbocycles. The molecule has 0 fully saturated rings. The zero-order chi connectivity index (χ0) is 13.7. The van der Waals surface area contributed by atoms with Crippen LogP contribution in [0, 0.1) is 4.84 Å². The normalized spacial score (nSPS) is 12.3. The van der Waals surface area contributed by atoms with E-state index in [0.717, 1.165) is 10.6 Å². The van der Waals surface area contributed by atoms with Crippen LogP contribution in [0.15, 0.2) is 33.6 Å². The molecular weight excluding hydrogens is 282 g/mol. The SMILES string of the molecule is CSc1ccccc1NCC(O)Cc1n[nH]c(=S)o1. The zero-order valence-corrected chi connectivity index (χ0v) is 12.1. The second-order valence-corrected chi connectivity index (χ2v) is 5.16. The lowest BCUT2D eigenvalue weighted by Crippen LogP contribution is -2.22. The summed E-state index contributed by atoms with van der Waals surface area (Å²) in [4.78, 5) is 1.37. The number of aromatic nitrogens is 2. The first-order valence-corrected chi connectivity index (χ1v) is 7.41. The van der Waals surface area contributed by atoms with E-state index in [-0.39, 0.29) is 4.84 Å². The number of nitrogens with zero attached hydrogens (tertiary/aromatic N) is 1. The van der Waals surface area contributed by atoms with Gasteiger partial charge in [0.15, 0.2) is 0 Å². The Labute approximate surface area is 120 Å². The molecule has 1 aromatic heterocycles. The van der Waals surface area contributed by atoms with Gasteiger partial charge in [-0.2, -0.15) is 0 Å². The van der Waals surface area contributed by atoms with Crippen LogP contribution in [-0.2, 0) is 6.42 Å². The van der Waals surface area contributed by atoms with Crippen molar-refractivity contribution >= 4 is 29.7 Å². The monoisotopic (exact) mass is 297 g/mol. The molecule has 1 heterocycles. The van der Waals surface area contributed by atoms with Gasteiger partial charge in [0, 0.05) is 17.1 Å². The van der Waals surface area contributed by atoms with Crippen LogP contribution >= 0.6 is 24.0 Å². The molecular formula is C12H15N3O2S2. The molecule has 19 heavy (non-hydrogen) atoms. The van der Waals surface area contributed by atoms with Gasteiger partial charge in [0.05, 0.1) is 12.5 Å². The van der Waals surface area contributed by atoms with Crippen molar-refractivity contribution in [2.24, 2.45) is 0 Å². The predicted octanol–water partition coefficient (Wildman–Crippen LogP) is 2.47. The molecule has 1 aromatic carbocycles. The highest BCUT2D eigenvalue weighted by Gasteiger charge is 2.10. The minimum Gasteiger partial charge on any atom is -0.414 e. The Morgan fingerprint density at radius 3 is 3.00 bits per heavy atom. The summed E-state index contributed by atoms with van der Waals surface area (Å²) in [5.41, 5.74) is 1.01. The minimum absolute atomic E-state index is 0.225. The van der Waals surface area contributed by atoms with Crippen LogP contribution in [0.2, 0.25) is 0 Å². The summed E-state index contributed by atoms with van der Waals surface area (Å²) in [5, 5.41) is 19.5. The van der Waals surface area contributed by atoms with Crippen molar-refractivity contribution < 1.29 is 9.52 Å². The Kier molecular flexibility index (Phi) is 5.00. The number of H-pyrrole nitrogens is 1. The van der Waals surface area contributed by atoms with Gasteiger partial charge in [-0.3, -0.25) is 0 Å². The maximum atomic E-state index is 9.92. The molecule has 0 saturated carbocycles. The van der Waals surface area contributed by atoms with Crippen LogP contribution in [0.4, 0.5) is 5.69 Å². The summed E-state index contributed by atoms with van der Waals surface area (Å²) < 4.78 is 5.11. The molecule has 1 atom stereocenters. The standard InChI is InChI=1S/C12H15N3O2S2/c1-19-10-5-3-2-4-9(10)13-7-8(16)6-11-14-15-12(18)17-11/h2-5,8,13,16H,6-7H2,1H3,(H,15,18). The molecule has 0 aliphatic heterocycles. The van der Waals surface area contributed by atoms with Crippen LogP contribution < -0.4 is 5.32 Å². The molecule has 1 unspecified atom stereocenters. The molecule has 0 amide bonds. The van der Waals surface area contributed by atoms with Gasteiger partial charge >= 0.3 is 0 Å². The van der Waals surface area contributed by atoms with E-state index in [1.54, 1.807) is 11.8 Å². The number of para-hydroxylation sites is 1. The summed E-state index contributed by atoms with van der Waals surface area (Å²) in [6.45, 7) is 0.423. The summed E-state index contributed by atoms with van der Waals surface area (Å²) in [6, 6.07) is 7.97. The van der Waals surface area contributed by atoms with Gasteiger partial charge in [-0.1, -0.05) is 12.1 Å². The van der Waals surface area contributed by atoms with Crippen LogP contribution in [0.25, 0.3) is 0 Å². The molecule has 7 heteroatoms. The molecule has 0 bridgehead atoms. The average Bonchev–Trinajstić information content (AvgIpc) is 2.82. The lowest BCUT2D eigenvalue weighted by Gasteiger charge is -2.13. The van der Waals surface area contributed by atoms with Gasteiger partial charge in [0.25, 0.3) is 4.84 Å². The smallest absolute Gasteiger partial charge is 0.284 e. The van der Waals surface area contributed by atoms with Crippen molar-refractivity contribution in [1.29, 1.82) is 0 Å². The Morgan fingerprint density at radius 1 is 1.53 bits per heavy atom. The maximum Gasteiger partial charge on any atom is 0.284 e. The highest BCUT2D eigenvalue weighted by Crippen LogP contribution is 2.24. The number of aromatic amines is 1. The molecule has 102 valence electrons. The Morgan fingerprint density at radius 2 is 2.32 bits per heavy atom. The molecule has 0 aliphatic rings. The molecule has 5 nitrogen and oxygen atoms in total. The largest absolute Gasteiger partial charge is 0.414 e. The van der Waals surface area contributed by atoms with E-state index in [9.17, 15) is 5.11 Å². The third kappa shape index (κ3) is 4.09. The fraction of sp³-hybridized carbons (Fsp3) is 0.333. The Balaban J connectivity index is 1.89. The van der Waals surface area contributed by atoms with Gasteiger partial charge in [0.1, 0.15) is 0 Å². The van der Waals surface area contributed by atoms with Crippen LogP contribution in [0.3, 0.4) is 0 Å². The number of nitrogens with one attached hydrogen (secondary N) is 2. The summed E-state index contributed by atoms with van der Waals surface area (Å²) in [7, 11) is 0. The third-order valence-corrected chi connectivity index (χ3v) is 3.50. The molecule has 0 saturated heterocycles. The molecule has 0 spiro atoms. The van der Waals surface area contributed by atoms with E-state index in [4.69, 9.17) is 16.6 Å².